The van der Waals surface area contributed by atoms with Gasteiger partial charge in [-0.3, -0.25) is 14.9 Å². The molecule has 0 aliphatic rings. The van der Waals surface area contributed by atoms with E-state index < -0.39 is 0 Å². The lowest BCUT2D eigenvalue weighted by atomic mass is 10.1. The van der Waals surface area contributed by atoms with Crippen molar-refractivity contribution in [1.82, 2.24) is 24.8 Å². The van der Waals surface area contributed by atoms with Crippen LogP contribution in [-0.4, -0.2) is 29.9 Å². The number of benzene rings is 2. The number of rotatable bonds is 7. The summed E-state index contributed by atoms with van der Waals surface area (Å²) in [5.74, 6) is 1.05. The molecule has 3 heterocycles. The van der Waals surface area contributed by atoms with Gasteiger partial charge >= 0.3 is 0 Å². The number of nitrogens with one attached hydrogen (secondary N) is 1. The number of para-hydroxylation sites is 2. The SMILES string of the molecule is Oc1ccc(-c2nc3ccccc3[nH]2)cc1CN(Cc1ccccn1)Cc1ccccn1. The molecule has 5 aromatic rings. The molecular weight excluding hydrogens is 398 g/mol. The molecule has 0 saturated heterocycles. The van der Waals surface area contributed by atoms with Crippen LogP contribution >= 0.6 is 0 Å². The van der Waals surface area contributed by atoms with Gasteiger partial charge in [0.05, 0.1) is 22.4 Å². The number of phenolic OH excluding ortho intramolecular Hbond substituents is 1. The van der Waals surface area contributed by atoms with E-state index in [9.17, 15) is 5.11 Å². The molecule has 0 unspecified atom stereocenters. The summed E-state index contributed by atoms with van der Waals surface area (Å²) in [5, 5.41) is 10.6. The molecule has 0 amide bonds. The van der Waals surface area contributed by atoms with Gasteiger partial charge < -0.3 is 10.1 Å². The van der Waals surface area contributed by atoms with Crippen LogP contribution in [0.25, 0.3) is 22.4 Å². The summed E-state index contributed by atoms with van der Waals surface area (Å²) in [4.78, 5) is 19.2. The number of imidazole rings is 1. The predicted octanol–water partition coefficient (Wildman–Crippen LogP) is 4.93. The maximum absolute atomic E-state index is 10.6. The van der Waals surface area contributed by atoms with E-state index in [2.05, 4.69) is 19.9 Å². The highest BCUT2D eigenvalue weighted by Gasteiger charge is 2.14. The summed E-state index contributed by atoms with van der Waals surface area (Å²) in [5.41, 5.74) is 5.61. The standard InChI is InChI=1S/C26H23N5O/c32-25-12-11-19(26-29-23-9-1-2-10-24(23)30-26)15-20(25)16-31(17-21-7-3-5-13-27-21)18-22-8-4-6-14-28-22/h1-15,32H,16-18H2,(H,29,30). The molecule has 0 aliphatic carbocycles. The third-order valence-electron chi connectivity index (χ3n) is 5.36. The number of aromatic nitrogens is 4. The zero-order valence-electron chi connectivity index (χ0n) is 17.5. The molecular formula is C26H23N5O. The van der Waals surface area contributed by atoms with E-state index in [0.717, 1.165) is 39.4 Å². The highest BCUT2D eigenvalue weighted by atomic mass is 16.3. The normalized spacial score (nSPS) is 11.3. The maximum atomic E-state index is 10.6. The van der Waals surface area contributed by atoms with Crippen molar-refractivity contribution >= 4 is 11.0 Å². The van der Waals surface area contributed by atoms with Crippen molar-refractivity contribution in [1.29, 1.82) is 0 Å². The van der Waals surface area contributed by atoms with Gasteiger partial charge in [-0.25, -0.2) is 4.98 Å². The molecule has 0 atom stereocenters. The number of H-pyrrole nitrogens is 1. The Hall–Kier alpha value is -4.03. The summed E-state index contributed by atoms with van der Waals surface area (Å²) in [6, 6.07) is 25.4. The summed E-state index contributed by atoms with van der Waals surface area (Å²) < 4.78 is 0. The second-order valence-electron chi connectivity index (χ2n) is 7.73. The number of nitrogens with zero attached hydrogens (tertiary/aromatic N) is 4. The minimum atomic E-state index is 0.261. The Morgan fingerprint density at radius 2 is 1.44 bits per heavy atom. The van der Waals surface area contributed by atoms with Gasteiger partial charge in [-0.05, 0) is 54.6 Å². The smallest absolute Gasteiger partial charge is 0.138 e. The van der Waals surface area contributed by atoms with Crippen LogP contribution in [0.2, 0.25) is 0 Å². The molecule has 2 N–H and O–H groups in total. The zero-order valence-corrected chi connectivity index (χ0v) is 17.5. The highest BCUT2D eigenvalue weighted by molar-refractivity contribution is 5.79. The van der Waals surface area contributed by atoms with E-state index in [0.29, 0.717) is 19.6 Å². The molecule has 32 heavy (non-hydrogen) atoms. The predicted molar refractivity (Wildman–Crippen MR) is 125 cm³/mol. The summed E-state index contributed by atoms with van der Waals surface area (Å²) in [6.07, 6.45) is 3.60. The van der Waals surface area contributed by atoms with Crippen molar-refractivity contribution in [2.45, 2.75) is 19.6 Å². The lowest BCUT2D eigenvalue weighted by Crippen LogP contribution is -2.23. The van der Waals surface area contributed by atoms with E-state index in [1.165, 1.54) is 0 Å². The van der Waals surface area contributed by atoms with Crippen LogP contribution in [-0.2, 0) is 19.6 Å². The molecule has 0 bridgehead atoms. The van der Waals surface area contributed by atoms with Gasteiger partial charge in [0.15, 0.2) is 0 Å². The first-order chi connectivity index (χ1) is 15.7. The second kappa shape index (κ2) is 8.99. The van der Waals surface area contributed by atoms with E-state index >= 15 is 0 Å². The van der Waals surface area contributed by atoms with Crippen molar-refractivity contribution in [3.8, 4) is 17.1 Å². The molecule has 0 spiro atoms. The Balaban J connectivity index is 1.44. The molecule has 6 heteroatoms. The minimum absolute atomic E-state index is 0.261. The van der Waals surface area contributed by atoms with Crippen molar-refractivity contribution in [2.75, 3.05) is 0 Å². The molecule has 3 aromatic heterocycles. The van der Waals surface area contributed by atoms with Gasteiger partial charge in [0, 0.05) is 43.2 Å². The Morgan fingerprint density at radius 3 is 2.09 bits per heavy atom. The lowest BCUT2D eigenvalue weighted by molar-refractivity contribution is 0.238. The fraction of sp³-hybridized carbons (Fsp3) is 0.115. The van der Waals surface area contributed by atoms with Gasteiger partial charge in [0.1, 0.15) is 11.6 Å². The van der Waals surface area contributed by atoms with E-state index in [4.69, 9.17) is 4.98 Å². The summed E-state index contributed by atoms with van der Waals surface area (Å²) in [6.45, 7) is 1.84. The Morgan fingerprint density at radius 1 is 0.750 bits per heavy atom. The van der Waals surface area contributed by atoms with Gasteiger partial charge in [-0.1, -0.05) is 24.3 Å². The highest BCUT2D eigenvalue weighted by Crippen LogP contribution is 2.27. The number of aromatic amines is 1. The monoisotopic (exact) mass is 421 g/mol. The lowest BCUT2D eigenvalue weighted by Gasteiger charge is -2.22. The summed E-state index contributed by atoms with van der Waals surface area (Å²) >= 11 is 0. The van der Waals surface area contributed by atoms with Gasteiger partial charge in [0.25, 0.3) is 0 Å². The second-order valence-corrected chi connectivity index (χ2v) is 7.73. The number of hydrogen-bond donors (Lipinski definition) is 2. The molecule has 6 nitrogen and oxygen atoms in total. The van der Waals surface area contributed by atoms with Crippen molar-refractivity contribution in [3.63, 3.8) is 0 Å². The van der Waals surface area contributed by atoms with E-state index in [-0.39, 0.29) is 5.75 Å². The quantitative estimate of drug-likeness (QED) is 0.390. The number of aromatic hydroxyl groups is 1. The topological polar surface area (TPSA) is 77.9 Å². The van der Waals surface area contributed by atoms with Crippen molar-refractivity contribution in [3.05, 3.63) is 108 Å². The number of fused-ring (bicyclic) bond motifs is 1. The third kappa shape index (κ3) is 4.50. The van der Waals surface area contributed by atoms with Crippen LogP contribution < -0.4 is 0 Å². The van der Waals surface area contributed by atoms with Gasteiger partial charge in [-0.15, -0.1) is 0 Å². The number of pyridine rings is 2. The first-order valence-corrected chi connectivity index (χ1v) is 10.5. The largest absolute Gasteiger partial charge is 0.508 e. The van der Waals surface area contributed by atoms with Crippen LogP contribution in [0, 0.1) is 0 Å². The van der Waals surface area contributed by atoms with Gasteiger partial charge in [-0.2, -0.15) is 0 Å². The minimum Gasteiger partial charge on any atom is -0.508 e. The number of hydrogen-bond acceptors (Lipinski definition) is 5. The fourth-order valence-electron chi connectivity index (χ4n) is 3.80. The first kappa shape index (κ1) is 19.9. The fourth-order valence-corrected chi connectivity index (χ4v) is 3.80. The average molecular weight is 422 g/mol. The van der Waals surface area contributed by atoms with Crippen molar-refractivity contribution in [2.24, 2.45) is 0 Å². The molecule has 0 fully saturated rings. The van der Waals surface area contributed by atoms with Crippen LogP contribution in [0.1, 0.15) is 17.0 Å². The summed E-state index contributed by atoms with van der Waals surface area (Å²) in [7, 11) is 0. The Kier molecular flexibility index (Phi) is 5.59. The Labute approximate surface area is 186 Å². The van der Waals surface area contributed by atoms with Crippen molar-refractivity contribution < 1.29 is 5.11 Å². The van der Waals surface area contributed by atoms with E-state index in [1.54, 1.807) is 18.5 Å². The molecule has 5 rings (SSSR count). The van der Waals surface area contributed by atoms with Crippen LogP contribution in [0.3, 0.4) is 0 Å². The maximum Gasteiger partial charge on any atom is 0.138 e. The van der Waals surface area contributed by atoms with Gasteiger partial charge in [0.2, 0.25) is 0 Å². The molecule has 0 radical (unpaired) electrons. The van der Waals surface area contributed by atoms with Crippen LogP contribution in [0.15, 0.2) is 91.3 Å². The van der Waals surface area contributed by atoms with E-state index in [1.807, 2.05) is 72.8 Å². The molecule has 0 saturated carbocycles. The molecule has 158 valence electrons. The molecule has 2 aromatic carbocycles. The average Bonchev–Trinajstić information content (AvgIpc) is 3.26. The number of phenols is 1. The first-order valence-electron chi connectivity index (χ1n) is 10.5. The third-order valence-corrected chi connectivity index (χ3v) is 5.36. The molecule has 0 aliphatic heterocycles. The zero-order chi connectivity index (χ0) is 21.8. The Bertz CT molecular complexity index is 1240. The van der Waals surface area contributed by atoms with Crippen LogP contribution in [0.4, 0.5) is 0 Å². The van der Waals surface area contributed by atoms with Crippen LogP contribution in [0.5, 0.6) is 5.75 Å².